The summed E-state index contributed by atoms with van der Waals surface area (Å²) in [5, 5.41) is 0. The molecule has 138 valence electrons. The normalized spacial score (nSPS) is 17.3. The summed E-state index contributed by atoms with van der Waals surface area (Å²) in [4.78, 5) is 34.8. The van der Waals surface area contributed by atoms with Gasteiger partial charge < -0.3 is 14.7 Å². The Hall–Kier alpha value is -2.11. The van der Waals surface area contributed by atoms with Crippen molar-refractivity contribution in [2.45, 2.75) is 45.6 Å². The van der Waals surface area contributed by atoms with Crippen molar-refractivity contribution < 1.29 is 9.59 Å². The van der Waals surface area contributed by atoms with Crippen molar-refractivity contribution in [2.24, 2.45) is 0 Å². The molecular formula is C19H30N4O2. The molecule has 6 heteroatoms. The first-order valence-electron chi connectivity index (χ1n) is 9.16. The summed E-state index contributed by atoms with van der Waals surface area (Å²) in [5.74, 6) is 0.680. The van der Waals surface area contributed by atoms with Crippen LogP contribution in [-0.4, -0.2) is 66.4 Å². The highest BCUT2D eigenvalue weighted by molar-refractivity contribution is 5.97. The van der Waals surface area contributed by atoms with Crippen molar-refractivity contribution >= 4 is 17.6 Å². The molecule has 1 saturated heterocycles. The van der Waals surface area contributed by atoms with Gasteiger partial charge in [0.25, 0.3) is 5.91 Å². The van der Waals surface area contributed by atoms with Gasteiger partial charge in [-0.05, 0) is 44.7 Å². The molecule has 0 aromatic carbocycles. The summed E-state index contributed by atoms with van der Waals surface area (Å²) in [6.45, 7) is 5.86. The van der Waals surface area contributed by atoms with Crippen LogP contribution >= 0.6 is 0 Å². The van der Waals surface area contributed by atoms with Gasteiger partial charge in [-0.25, -0.2) is 4.98 Å². The zero-order valence-electron chi connectivity index (χ0n) is 15.9. The quantitative estimate of drug-likeness (QED) is 0.794. The minimum atomic E-state index is -0.106. The zero-order valence-corrected chi connectivity index (χ0v) is 15.9. The van der Waals surface area contributed by atoms with Crippen LogP contribution in [0.15, 0.2) is 18.3 Å². The lowest BCUT2D eigenvalue weighted by Gasteiger charge is -2.34. The Balaban J connectivity index is 2.19. The van der Waals surface area contributed by atoms with Crippen LogP contribution in [0.3, 0.4) is 0 Å². The van der Waals surface area contributed by atoms with Crippen molar-refractivity contribution in [1.82, 2.24) is 14.8 Å². The van der Waals surface area contributed by atoms with E-state index in [1.54, 1.807) is 31.3 Å². The van der Waals surface area contributed by atoms with E-state index in [1.165, 1.54) is 11.3 Å². The second-order valence-electron chi connectivity index (χ2n) is 6.96. The highest BCUT2D eigenvalue weighted by atomic mass is 16.2. The highest BCUT2D eigenvalue weighted by Gasteiger charge is 2.23. The topological polar surface area (TPSA) is 56.8 Å². The molecule has 1 aliphatic heterocycles. The van der Waals surface area contributed by atoms with Crippen LogP contribution < -0.4 is 4.90 Å². The van der Waals surface area contributed by atoms with E-state index in [0.29, 0.717) is 18.2 Å². The first kappa shape index (κ1) is 19.2. The van der Waals surface area contributed by atoms with Crippen LogP contribution in [0.5, 0.6) is 0 Å². The molecule has 1 atom stereocenters. The summed E-state index contributed by atoms with van der Waals surface area (Å²) in [6, 6.07) is 4.05. The van der Waals surface area contributed by atoms with E-state index in [9.17, 15) is 9.59 Å². The van der Waals surface area contributed by atoms with Gasteiger partial charge in [0.15, 0.2) is 0 Å². The molecule has 0 N–H and O–H groups in total. The Bertz CT molecular complexity index is 603. The number of hydrogen-bond donors (Lipinski definition) is 0. The molecule has 0 radical (unpaired) electrons. The standard InChI is InChI=1S/C19H30N4O2/c1-5-11-22(14-18(24)21(3)4)19(25)16-9-10-20-17(13-16)23-12-7-6-8-15(23)2/h9-10,13,15H,5-8,11-12,14H2,1-4H3/t15-/m0/s1. The number of hydrogen-bond acceptors (Lipinski definition) is 4. The molecular weight excluding hydrogens is 316 g/mol. The fourth-order valence-electron chi connectivity index (χ4n) is 3.16. The predicted octanol–water partition coefficient (Wildman–Crippen LogP) is 2.40. The van der Waals surface area contributed by atoms with E-state index in [2.05, 4.69) is 16.8 Å². The number of nitrogens with zero attached hydrogens (tertiary/aromatic N) is 4. The van der Waals surface area contributed by atoms with Crippen molar-refractivity contribution in [1.29, 1.82) is 0 Å². The molecule has 1 fully saturated rings. The Labute approximate surface area is 150 Å². The lowest BCUT2D eigenvalue weighted by molar-refractivity contribution is -0.129. The van der Waals surface area contributed by atoms with E-state index in [-0.39, 0.29) is 18.4 Å². The Kier molecular flexibility index (Phi) is 6.79. The molecule has 0 saturated carbocycles. The fraction of sp³-hybridized carbons (Fsp3) is 0.632. The van der Waals surface area contributed by atoms with Crippen LogP contribution in [0.25, 0.3) is 0 Å². The molecule has 0 bridgehead atoms. The summed E-state index contributed by atoms with van der Waals surface area (Å²) < 4.78 is 0. The maximum atomic E-state index is 12.9. The molecule has 0 aliphatic carbocycles. The maximum Gasteiger partial charge on any atom is 0.254 e. The number of aromatic nitrogens is 1. The van der Waals surface area contributed by atoms with Gasteiger partial charge in [0.1, 0.15) is 12.4 Å². The van der Waals surface area contributed by atoms with Crippen LogP contribution in [0.2, 0.25) is 0 Å². The van der Waals surface area contributed by atoms with Gasteiger partial charge in [0.05, 0.1) is 0 Å². The summed E-state index contributed by atoms with van der Waals surface area (Å²) in [5.41, 5.74) is 0.600. The molecule has 6 nitrogen and oxygen atoms in total. The number of rotatable bonds is 6. The predicted molar refractivity (Wildman–Crippen MR) is 99.8 cm³/mol. The third kappa shape index (κ3) is 4.94. The van der Waals surface area contributed by atoms with E-state index in [0.717, 1.165) is 31.6 Å². The molecule has 25 heavy (non-hydrogen) atoms. The minimum absolute atomic E-state index is 0.0688. The molecule has 1 aliphatic rings. The van der Waals surface area contributed by atoms with Gasteiger partial charge in [-0.3, -0.25) is 9.59 Å². The van der Waals surface area contributed by atoms with Crippen LogP contribution in [0.1, 0.15) is 49.9 Å². The van der Waals surface area contributed by atoms with Gasteiger partial charge >= 0.3 is 0 Å². The van der Waals surface area contributed by atoms with Crippen molar-refractivity contribution in [3.63, 3.8) is 0 Å². The number of piperidine rings is 1. The van der Waals surface area contributed by atoms with E-state index in [4.69, 9.17) is 0 Å². The van der Waals surface area contributed by atoms with E-state index in [1.807, 2.05) is 13.0 Å². The van der Waals surface area contributed by atoms with Gasteiger partial charge in [-0.1, -0.05) is 6.92 Å². The second-order valence-corrected chi connectivity index (χ2v) is 6.96. The van der Waals surface area contributed by atoms with Gasteiger partial charge in [-0.15, -0.1) is 0 Å². The number of carbonyl (C=O) groups is 2. The van der Waals surface area contributed by atoms with Crippen LogP contribution in [0, 0.1) is 0 Å². The lowest BCUT2D eigenvalue weighted by atomic mass is 10.0. The van der Waals surface area contributed by atoms with Crippen LogP contribution in [-0.2, 0) is 4.79 Å². The van der Waals surface area contributed by atoms with Crippen molar-refractivity contribution in [3.05, 3.63) is 23.9 Å². The number of pyridine rings is 1. The molecule has 2 heterocycles. The van der Waals surface area contributed by atoms with Gasteiger partial charge in [0, 0.05) is 45.0 Å². The third-order valence-electron chi connectivity index (χ3n) is 4.70. The van der Waals surface area contributed by atoms with Gasteiger partial charge in [-0.2, -0.15) is 0 Å². The molecule has 0 unspecified atom stereocenters. The zero-order chi connectivity index (χ0) is 18.4. The highest BCUT2D eigenvalue weighted by Crippen LogP contribution is 2.23. The first-order chi connectivity index (χ1) is 11.9. The number of amides is 2. The molecule has 0 spiro atoms. The second kappa shape index (κ2) is 8.83. The fourth-order valence-corrected chi connectivity index (χ4v) is 3.16. The number of carbonyl (C=O) groups excluding carboxylic acids is 2. The van der Waals surface area contributed by atoms with Crippen LogP contribution in [0.4, 0.5) is 5.82 Å². The maximum absolute atomic E-state index is 12.9. The van der Waals surface area contributed by atoms with Crippen molar-refractivity contribution in [3.8, 4) is 0 Å². The molecule has 2 rings (SSSR count). The minimum Gasteiger partial charge on any atom is -0.354 e. The first-order valence-corrected chi connectivity index (χ1v) is 9.16. The van der Waals surface area contributed by atoms with E-state index >= 15 is 0 Å². The SMILES string of the molecule is CCCN(CC(=O)N(C)C)C(=O)c1ccnc(N2CCCC[C@@H]2C)c1. The third-order valence-corrected chi connectivity index (χ3v) is 4.70. The monoisotopic (exact) mass is 346 g/mol. The number of anilines is 1. The molecule has 1 aromatic rings. The summed E-state index contributed by atoms with van der Waals surface area (Å²) in [7, 11) is 3.42. The summed E-state index contributed by atoms with van der Waals surface area (Å²) >= 11 is 0. The smallest absolute Gasteiger partial charge is 0.254 e. The molecule has 1 aromatic heterocycles. The molecule has 2 amide bonds. The van der Waals surface area contributed by atoms with E-state index < -0.39 is 0 Å². The average molecular weight is 346 g/mol. The van der Waals surface area contributed by atoms with Gasteiger partial charge in [0.2, 0.25) is 5.91 Å². The Morgan fingerprint density at radius 3 is 2.72 bits per heavy atom. The summed E-state index contributed by atoms with van der Waals surface area (Å²) in [6.07, 6.45) is 6.06. The number of likely N-dealkylation sites (N-methyl/N-ethyl adjacent to an activating group) is 1. The Morgan fingerprint density at radius 1 is 1.32 bits per heavy atom. The average Bonchev–Trinajstić information content (AvgIpc) is 2.61. The lowest BCUT2D eigenvalue weighted by Crippen LogP contribution is -2.41. The Morgan fingerprint density at radius 2 is 2.08 bits per heavy atom. The largest absolute Gasteiger partial charge is 0.354 e. The van der Waals surface area contributed by atoms with Crippen molar-refractivity contribution in [2.75, 3.05) is 38.6 Å².